The summed E-state index contributed by atoms with van der Waals surface area (Å²) in [5.41, 5.74) is 2.73. The maximum absolute atomic E-state index is 10.8. The van der Waals surface area contributed by atoms with Gasteiger partial charge in [-0.1, -0.05) is 29.8 Å². The number of rotatable bonds is 6. The van der Waals surface area contributed by atoms with E-state index < -0.39 is 5.97 Å². The molecule has 0 saturated heterocycles. The molecule has 1 heterocycles. The van der Waals surface area contributed by atoms with Gasteiger partial charge < -0.3 is 10.2 Å². The van der Waals surface area contributed by atoms with Crippen LogP contribution in [0.3, 0.4) is 0 Å². The Bertz CT molecular complexity index is 916. The van der Waals surface area contributed by atoms with Crippen LogP contribution in [0.1, 0.15) is 29.8 Å². The van der Waals surface area contributed by atoms with Crippen LogP contribution >= 0.6 is 22.9 Å². The van der Waals surface area contributed by atoms with Gasteiger partial charge in [0.1, 0.15) is 10.8 Å². The minimum absolute atomic E-state index is 0.0335. The second-order valence-electron chi connectivity index (χ2n) is 5.61. The van der Waals surface area contributed by atoms with Gasteiger partial charge in [-0.25, -0.2) is 4.98 Å². The number of nitrogens with zero attached hydrogens (tertiary/aromatic N) is 1. The SMILES string of the molecule is O=C(O)CCC/C(=C/c1ccc(O)c(Cl)c1)c1nc2ccccc2s1. The number of hydrogen-bond acceptors (Lipinski definition) is 4. The molecule has 0 amide bonds. The van der Waals surface area contributed by atoms with Crippen molar-refractivity contribution in [2.45, 2.75) is 19.3 Å². The molecule has 0 bridgehead atoms. The molecule has 0 fully saturated rings. The molecular formula is C19H16ClNO3S. The summed E-state index contributed by atoms with van der Waals surface area (Å²) in [6.45, 7) is 0. The predicted octanol–water partition coefficient (Wildman–Crippen LogP) is 5.45. The average Bonchev–Trinajstić information content (AvgIpc) is 3.01. The zero-order valence-corrected chi connectivity index (χ0v) is 14.8. The van der Waals surface area contributed by atoms with E-state index in [1.54, 1.807) is 29.5 Å². The molecular weight excluding hydrogens is 358 g/mol. The number of aromatic hydroxyl groups is 1. The maximum atomic E-state index is 10.8. The number of fused-ring (bicyclic) bond motifs is 1. The van der Waals surface area contributed by atoms with Gasteiger partial charge in [-0.3, -0.25) is 4.79 Å². The van der Waals surface area contributed by atoms with E-state index >= 15 is 0 Å². The molecule has 0 aliphatic carbocycles. The zero-order chi connectivity index (χ0) is 17.8. The van der Waals surface area contributed by atoms with Gasteiger partial charge >= 0.3 is 5.97 Å². The Morgan fingerprint density at radius 2 is 2.00 bits per heavy atom. The standard InChI is InChI=1S/C19H16ClNO3S/c20-14-11-12(8-9-16(14)22)10-13(4-3-7-18(23)24)19-21-15-5-1-2-6-17(15)25-19/h1-2,5-6,8-11,22H,3-4,7H2,(H,23,24)/b13-10-. The number of hydrogen-bond donors (Lipinski definition) is 2. The second-order valence-corrected chi connectivity index (χ2v) is 7.05. The fourth-order valence-corrected chi connectivity index (χ4v) is 3.69. The molecule has 2 aromatic carbocycles. The molecule has 0 radical (unpaired) electrons. The van der Waals surface area contributed by atoms with E-state index in [4.69, 9.17) is 16.7 Å². The summed E-state index contributed by atoms with van der Waals surface area (Å²) < 4.78 is 1.09. The molecule has 4 nitrogen and oxygen atoms in total. The average molecular weight is 374 g/mol. The highest BCUT2D eigenvalue weighted by Gasteiger charge is 2.11. The highest BCUT2D eigenvalue weighted by Crippen LogP contribution is 2.32. The van der Waals surface area contributed by atoms with Crippen LogP contribution in [0.2, 0.25) is 5.02 Å². The molecule has 2 N–H and O–H groups in total. The van der Waals surface area contributed by atoms with Gasteiger partial charge in [0, 0.05) is 6.42 Å². The van der Waals surface area contributed by atoms with Crippen molar-refractivity contribution in [3.8, 4) is 5.75 Å². The summed E-state index contributed by atoms with van der Waals surface area (Å²) in [5.74, 6) is -0.775. The number of benzene rings is 2. The Labute approximate surface area is 154 Å². The minimum atomic E-state index is -0.809. The number of phenolic OH excluding ortho intramolecular Hbond substituents is 1. The Hall–Kier alpha value is -2.37. The molecule has 0 saturated carbocycles. The molecule has 1 aromatic heterocycles. The van der Waals surface area contributed by atoms with Crippen molar-refractivity contribution in [2.75, 3.05) is 0 Å². The highest BCUT2D eigenvalue weighted by atomic mass is 35.5. The molecule has 25 heavy (non-hydrogen) atoms. The zero-order valence-electron chi connectivity index (χ0n) is 13.3. The minimum Gasteiger partial charge on any atom is -0.506 e. The number of allylic oxidation sites excluding steroid dienone is 1. The van der Waals surface area contributed by atoms with Crippen molar-refractivity contribution in [3.63, 3.8) is 0 Å². The Morgan fingerprint density at radius 1 is 1.20 bits per heavy atom. The number of carboxylic acid groups (broad SMARTS) is 1. The van der Waals surface area contributed by atoms with Crippen molar-refractivity contribution in [1.29, 1.82) is 0 Å². The summed E-state index contributed by atoms with van der Waals surface area (Å²) >= 11 is 7.57. The number of phenols is 1. The van der Waals surface area contributed by atoms with E-state index in [1.165, 1.54) is 0 Å². The van der Waals surface area contributed by atoms with Crippen LogP contribution < -0.4 is 0 Å². The fourth-order valence-electron chi connectivity index (χ4n) is 2.49. The molecule has 3 rings (SSSR count). The predicted molar refractivity (Wildman–Crippen MR) is 102 cm³/mol. The molecule has 0 unspecified atom stereocenters. The maximum Gasteiger partial charge on any atom is 0.303 e. The molecule has 0 spiro atoms. The van der Waals surface area contributed by atoms with Crippen LogP contribution in [0.4, 0.5) is 0 Å². The number of aliphatic carboxylic acids is 1. The van der Waals surface area contributed by atoms with Crippen molar-refractivity contribution < 1.29 is 15.0 Å². The summed E-state index contributed by atoms with van der Waals surface area (Å²) in [4.78, 5) is 15.5. The highest BCUT2D eigenvalue weighted by molar-refractivity contribution is 7.19. The van der Waals surface area contributed by atoms with Gasteiger partial charge in [0.2, 0.25) is 0 Å². The normalized spacial score (nSPS) is 11.8. The lowest BCUT2D eigenvalue weighted by Crippen LogP contribution is -1.94. The van der Waals surface area contributed by atoms with E-state index in [9.17, 15) is 9.90 Å². The van der Waals surface area contributed by atoms with Gasteiger partial charge in [0.25, 0.3) is 0 Å². The first kappa shape index (κ1) is 17.5. The lowest BCUT2D eigenvalue weighted by atomic mass is 10.1. The lowest BCUT2D eigenvalue weighted by Gasteiger charge is -2.05. The van der Waals surface area contributed by atoms with E-state index in [2.05, 4.69) is 4.98 Å². The summed E-state index contributed by atoms with van der Waals surface area (Å²) in [7, 11) is 0. The van der Waals surface area contributed by atoms with E-state index in [-0.39, 0.29) is 17.2 Å². The first-order valence-corrected chi connectivity index (χ1v) is 8.99. The van der Waals surface area contributed by atoms with Crippen LogP contribution in [0.25, 0.3) is 21.9 Å². The smallest absolute Gasteiger partial charge is 0.303 e. The second kappa shape index (κ2) is 7.68. The lowest BCUT2D eigenvalue weighted by molar-refractivity contribution is -0.137. The third-order valence-electron chi connectivity index (χ3n) is 3.72. The molecule has 128 valence electrons. The summed E-state index contributed by atoms with van der Waals surface area (Å²) in [6.07, 6.45) is 3.19. The van der Waals surface area contributed by atoms with E-state index in [0.29, 0.717) is 12.8 Å². The summed E-state index contributed by atoms with van der Waals surface area (Å²) in [6, 6.07) is 12.9. The topological polar surface area (TPSA) is 70.4 Å². The molecule has 0 atom stereocenters. The Morgan fingerprint density at radius 3 is 2.72 bits per heavy atom. The third-order valence-corrected chi connectivity index (χ3v) is 5.13. The molecule has 3 aromatic rings. The van der Waals surface area contributed by atoms with Crippen LogP contribution in [0.5, 0.6) is 5.75 Å². The van der Waals surface area contributed by atoms with Crippen molar-refractivity contribution in [2.24, 2.45) is 0 Å². The number of aromatic nitrogens is 1. The van der Waals surface area contributed by atoms with Gasteiger partial charge in [-0.15, -0.1) is 11.3 Å². The Balaban J connectivity index is 1.97. The van der Waals surface area contributed by atoms with Crippen molar-refractivity contribution >= 4 is 50.8 Å². The molecule has 0 aliphatic heterocycles. The monoisotopic (exact) mass is 373 g/mol. The molecule has 6 heteroatoms. The van der Waals surface area contributed by atoms with Gasteiger partial charge in [-0.2, -0.15) is 0 Å². The van der Waals surface area contributed by atoms with Crippen molar-refractivity contribution in [3.05, 3.63) is 58.1 Å². The number of halogens is 1. The number of carboxylic acids is 1. The van der Waals surface area contributed by atoms with Crippen LogP contribution in [-0.2, 0) is 4.79 Å². The largest absolute Gasteiger partial charge is 0.506 e. The molecule has 0 aliphatic rings. The van der Waals surface area contributed by atoms with Gasteiger partial charge in [-0.05, 0) is 54.3 Å². The number of thiazole rings is 1. The first-order valence-electron chi connectivity index (χ1n) is 7.80. The first-order chi connectivity index (χ1) is 12.0. The van der Waals surface area contributed by atoms with Gasteiger partial charge in [0.15, 0.2) is 0 Å². The number of para-hydroxylation sites is 1. The van der Waals surface area contributed by atoms with Crippen molar-refractivity contribution in [1.82, 2.24) is 4.98 Å². The third kappa shape index (κ3) is 4.38. The summed E-state index contributed by atoms with van der Waals surface area (Å²) in [5, 5.41) is 19.6. The van der Waals surface area contributed by atoms with E-state index in [0.717, 1.165) is 26.4 Å². The van der Waals surface area contributed by atoms with Crippen LogP contribution in [-0.4, -0.2) is 21.2 Å². The quantitative estimate of drug-likeness (QED) is 0.602. The van der Waals surface area contributed by atoms with Gasteiger partial charge in [0.05, 0.1) is 15.2 Å². The van der Waals surface area contributed by atoms with E-state index in [1.807, 2.05) is 30.3 Å². The van der Waals surface area contributed by atoms with Crippen LogP contribution in [0, 0.1) is 0 Å². The fraction of sp³-hybridized carbons (Fsp3) is 0.158. The Kier molecular flexibility index (Phi) is 5.36. The van der Waals surface area contributed by atoms with Crippen LogP contribution in [0.15, 0.2) is 42.5 Å². The number of carbonyl (C=O) groups is 1.